The van der Waals surface area contributed by atoms with Crippen molar-refractivity contribution < 1.29 is 0 Å². The largest absolute Gasteiger partial charge is 0.309 e. The molecule has 0 aliphatic rings. The average Bonchev–Trinajstić information content (AvgIpc) is 2.86. The molecule has 0 amide bonds. The fraction of sp³-hybridized carbons (Fsp3) is 0.545. The molecule has 0 aromatic carbocycles. The summed E-state index contributed by atoms with van der Waals surface area (Å²) in [6.07, 6.45) is 3.87. The van der Waals surface area contributed by atoms with Crippen LogP contribution in [0.15, 0.2) is 12.4 Å². The van der Waals surface area contributed by atoms with E-state index in [0.29, 0.717) is 6.04 Å². The maximum Gasteiger partial charge on any atom is 0.0965 e. The van der Waals surface area contributed by atoms with E-state index in [2.05, 4.69) is 34.5 Å². The van der Waals surface area contributed by atoms with Gasteiger partial charge in [-0.15, -0.1) is 16.4 Å². The van der Waals surface area contributed by atoms with E-state index in [1.54, 1.807) is 11.3 Å². The normalized spacial score (nSPS) is 11.3. The molecule has 0 fully saturated rings. The van der Waals surface area contributed by atoms with Crippen molar-refractivity contribution in [3.63, 3.8) is 0 Å². The first-order valence-corrected chi connectivity index (χ1v) is 6.49. The van der Waals surface area contributed by atoms with Crippen molar-refractivity contribution >= 4 is 11.3 Å². The highest BCUT2D eigenvalue weighted by atomic mass is 32.1. The summed E-state index contributed by atoms with van der Waals surface area (Å²) in [6.45, 7) is 7.75. The molecule has 0 bridgehead atoms. The van der Waals surface area contributed by atoms with Crippen LogP contribution >= 0.6 is 11.3 Å². The number of hydrogen-bond acceptors (Lipinski definition) is 5. The zero-order valence-corrected chi connectivity index (χ0v) is 11.2. The Hall–Kier alpha value is -1.27. The highest BCUT2D eigenvalue weighted by molar-refractivity contribution is 7.11. The predicted octanol–water partition coefficient (Wildman–Crippen LogP) is 1.59. The van der Waals surface area contributed by atoms with Crippen LogP contribution in [0, 0.1) is 6.92 Å². The molecule has 0 aliphatic carbocycles. The van der Waals surface area contributed by atoms with Crippen LogP contribution in [0.5, 0.6) is 0 Å². The van der Waals surface area contributed by atoms with Gasteiger partial charge < -0.3 is 5.32 Å². The third-order valence-electron chi connectivity index (χ3n) is 2.26. The van der Waals surface area contributed by atoms with Crippen LogP contribution in [-0.2, 0) is 13.1 Å². The smallest absolute Gasteiger partial charge is 0.0965 e. The molecule has 0 saturated heterocycles. The number of rotatable bonds is 5. The topological polar surface area (TPSA) is 55.6 Å². The minimum atomic E-state index is 0.462. The standard InChI is InChI=1S/C11H17N5S/c1-8(2)12-4-10-6-16(15-14-10)7-11-5-13-9(3)17-11/h5-6,8,12H,4,7H2,1-3H3. The van der Waals surface area contributed by atoms with Crippen molar-refractivity contribution in [2.75, 3.05) is 0 Å². The number of aromatic nitrogens is 4. The summed E-state index contributed by atoms with van der Waals surface area (Å²) in [5.74, 6) is 0. The van der Waals surface area contributed by atoms with E-state index in [1.807, 2.05) is 24.0 Å². The molecule has 92 valence electrons. The molecular formula is C11H17N5S. The molecule has 2 heterocycles. The lowest BCUT2D eigenvalue weighted by Crippen LogP contribution is -2.21. The average molecular weight is 251 g/mol. The van der Waals surface area contributed by atoms with Gasteiger partial charge in [0.25, 0.3) is 0 Å². The molecule has 2 aromatic rings. The Labute approximate surface area is 105 Å². The Morgan fingerprint density at radius 3 is 2.94 bits per heavy atom. The van der Waals surface area contributed by atoms with E-state index in [-0.39, 0.29) is 0 Å². The Bertz CT molecular complexity index is 474. The fourth-order valence-electron chi connectivity index (χ4n) is 1.44. The summed E-state index contributed by atoms with van der Waals surface area (Å²) in [5.41, 5.74) is 0.972. The van der Waals surface area contributed by atoms with E-state index in [1.165, 1.54) is 4.88 Å². The van der Waals surface area contributed by atoms with Crippen LogP contribution in [0.25, 0.3) is 0 Å². The lowest BCUT2D eigenvalue weighted by Gasteiger charge is -2.04. The molecule has 0 radical (unpaired) electrons. The molecule has 0 spiro atoms. The summed E-state index contributed by atoms with van der Waals surface area (Å²) in [5, 5.41) is 12.6. The molecule has 0 atom stereocenters. The van der Waals surface area contributed by atoms with Crippen molar-refractivity contribution in [1.29, 1.82) is 0 Å². The van der Waals surface area contributed by atoms with Crippen LogP contribution in [-0.4, -0.2) is 26.0 Å². The first-order chi connectivity index (χ1) is 8.13. The van der Waals surface area contributed by atoms with E-state index < -0.39 is 0 Å². The SMILES string of the molecule is Cc1ncc(Cn2cc(CNC(C)C)nn2)s1. The van der Waals surface area contributed by atoms with Gasteiger partial charge >= 0.3 is 0 Å². The molecule has 17 heavy (non-hydrogen) atoms. The number of hydrogen-bond donors (Lipinski definition) is 1. The first-order valence-electron chi connectivity index (χ1n) is 5.67. The second-order valence-electron chi connectivity index (χ2n) is 4.29. The van der Waals surface area contributed by atoms with Crippen molar-refractivity contribution in [2.45, 2.75) is 39.9 Å². The highest BCUT2D eigenvalue weighted by Gasteiger charge is 2.04. The zero-order chi connectivity index (χ0) is 12.3. The quantitative estimate of drug-likeness (QED) is 0.876. The van der Waals surface area contributed by atoms with Gasteiger partial charge in [-0.2, -0.15) is 0 Å². The molecule has 5 nitrogen and oxygen atoms in total. The van der Waals surface area contributed by atoms with Crippen molar-refractivity contribution in [1.82, 2.24) is 25.3 Å². The summed E-state index contributed by atoms with van der Waals surface area (Å²) in [4.78, 5) is 5.43. The monoisotopic (exact) mass is 251 g/mol. The van der Waals surface area contributed by atoms with Gasteiger partial charge in [0.2, 0.25) is 0 Å². The minimum Gasteiger partial charge on any atom is -0.309 e. The van der Waals surface area contributed by atoms with Gasteiger partial charge in [0.1, 0.15) is 0 Å². The third kappa shape index (κ3) is 3.61. The second kappa shape index (κ2) is 5.37. The van der Waals surface area contributed by atoms with Crippen LogP contribution in [0.2, 0.25) is 0 Å². The highest BCUT2D eigenvalue weighted by Crippen LogP contribution is 2.12. The molecular weight excluding hydrogens is 234 g/mol. The van der Waals surface area contributed by atoms with Gasteiger partial charge in [0.05, 0.1) is 23.4 Å². The number of aryl methyl sites for hydroxylation is 1. The van der Waals surface area contributed by atoms with Gasteiger partial charge in [-0.3, -0.25) is 0 Å². The maximum atomic E-state index is 4.22. The molecule has 2 rings (SSSR count). The lowest BCUT2D eigenvalue weighted by molar-refractivity contribution is 0.580. The van der Waals surface area contributed by atoms with Gasteiger partial charge in [0, 0.05) is 23.7 Å². The number of nitrogens with one attached hydrogen (secondary N) is 1. The predicted molar refractivity (Wildman–Crippen MR) is 68.0 cm³/mol. The minimum absolute atomic E-state index is 0.462. The lowest BCUT2D eigenvalue weighted by atomic mass is 10.3. The Morgan fingerprint density at radius 2 is 2.29 bits per heavy atom. The molecule has 6 heteroatoms. The summed E-state index contributed by atoms with van der Waals surface area (Å²) in [7, 11) is 0. The second-order valence-corrected chi connectivity index (χ2v) is 5.61. The van der Waals surface area contributed by atoms with Crippen LogP contribution in [0.1, 0.15) is 29.4 Å². The van der Waals surface area contributed by atoms with Gasteiger partial charge in [-0.05, 0) is 6.92 Å². The van der Waals surface area contributed by atoms with E-state index in [4.69, 9.17) is 0 Å². The zero-order valence-electron chi connectivity index (χ0n) is 10.3. The Morgan fingerprint density at radius 1 is 1.47 bits per heavy atom. The summed E-state index contributed by atoms with van der Waals surface area (Å²) >= 11 is 1.69. The van der Waals surface area contributed by atoms with E-state index >= 15 is 0 Å². The molecule has 0 aliphatic heterocycles. The molecule has 0 unspecified atom stereocenters. The van der Waals surface area contributed by atoms with Crippen molar-refractivity contribution in [2.24, 2.45) is 0 Å². The third-order valence-corrected chi connectivity index (χ3v) is 3.16. The Kier molecular flexibility index (Phi) is 3.86. The van der Waals surface area contributed by atoms with Crippen LogP contribution < -0.4 is 5.32 Å². The maximum absolute atomic E-state index is 4.22. The molecule has 0 saturated carbocycles. The van der Waals surface area contributed by atoms with Crippen molar-refractivity contribution in [3.8, 4) is 0 Å². The summed E-state index contributed by atoms with van der Waals surface area (Å²) < 4.78 is 1.85. The number of nitrogens with zero attached hydrogens (tertiary/aromatic N) is 4. The van der Waals surface area contributed by atoms with E-state index in [0.717, 1.165) is 23.8 Å². The van der Waals surface area contributed by atoms with Gasteiger partial charge in [-0.25, -0.2) is 9.67 Å². The van der Waals surface area contributed by atoms with Gasteiger partial charge in [0.15, 0.2) is 0 Å². The first kappa shape index (κ1) is 12.2. The van der Waals surface area contributed by atoms with Crippen LogP contribution in [0.4, 0.5) is 0 Å². The Balaban J connectivity index is 1.94. The van der Waals surface area contributed by atoms with Gasteiger partial charge in [-0.1, -0.05) is 19.1 Å². The van der Waals surface area contributed by atoms with Crippen LogP contribution in [0.3, 0.4) is 0 Å². The fourth-order valence-corrected chi connectivity index (χ4v) is 2.23. The van der Waals surface area contributed by atoms with E-state index in [9.17, 15) is 0 Å². The summed E-state index contributed by atoms with van der Waals surface area (Å²) in [6, 6.07) is 0.462. The molecule has 2 aromatic heterocycles. The van der Waals surface area contributed by atoms with Crippen molar-refractivity contribution in [3.05, 3.63) is 28.0 Å². The number of thiazole rings is 1. The molecule has 1 N–H and O–H groups in total.